The molecule has 0 bridgehead atoms. The molecule has 0 unspecified atom stereocenters. The van der Waals surface area contributed by atoms with Gasteiger partial charge >= 0.3 is 0 Å². The van der Waals surface area contributed by atoms with E-state index in [1.165, 1.54) is 12.1 Å². The average Bonchev–Trinajstić information content (AvgIpc) is 2.53. The summed E-state index contributed by atoms with van der Waals surface area (Å²) in [7, 11) is 0. The fourth-order valence-electron chi connectivity index (χ4n) is 1.93. The van der Waals surface area contributed by atoms with Crippen LogP contribution in [0.4, 0.5) is 11.4 Å². The van der Waals surface area contributed by atoms with Gasteiger partial charge < -0.3 is 0 Å². The molecule has 22 heavy (non-hydrogen) atoms. The summed E-state index contributed by atoms with van der Waals surface area (Å²) < 4.78 is 0. The van der Waals surface area contributed by atoms with Gasteiger partial charge in [0.1, 0.15) is 11.9 Å². The average molecular weight is 298 g/mol. The highest BCUT2D eigenvalue weighted by molar-refractivity contribution is 5.53. The number of nitro groups is 2. The van der Waals surface area contributed by atoms with Gasteiger partial charge in [0.2, 0.25) is 0 Å². The van der Waals surface area contributed by atoms with E-state index in [-0.39, 0.29) is 32.2 Å². The molecule has 0 N–H and O–H groups in total. The molecular weight excluding hydrogens is 292 g/mol. The number of nitrogens with zero attached hydrogens (tertiary/aromatic N) is 2. The third kappa shape index (κ3) is 2.64. The van der Waals surface area contributed by atoms with Crippen LogP contribution in [0.1, 0.15) is 0 Å². The van der Waals surface area contributed by atoms with E-state index in [4.69, 9.17) is 0 Å². The van der Waals surface area contributed by atoms with Crippen LogP contribution >= 0.6 is 0 Å². The lowest BCUT2D eigenvalue weighted by molar-refractivity contribution is -0.385. The van der Waals surface area contributed by atoms with E-state index in [9.17, 15) is 29.8 Å². The molecule has 0 spiro atoms. The van der Waals surface area contributed by atoms with Gasteiger partial charge in [0.25, 0.3) is 11.4 Å². The van der Waals surface area contributed by atoms with Gasteiger partial charge in [-0.1, -0.05) is 0 Å². The lowest BCUT2D eigenvalue weighted by atomic mass is 10.1. The highest BCUT2D eigenvalue weighted by Crippen LogP contribution is 2.08. The van der Waals surface area contributed by atoms with Gasteiger partial charge in [0.05, 0.1) is 20.3 Å². The topological polar surface area (TPSA) is 120 Å². The number of nitro benzene ring substituents is 2. The fourth-order valence-corrected chi connectivity index (χ4v) is 1.93. The number of carbonyl (C=O) groups excluding carboxylic acids is 2. The van der Waals surface area contributed by atoms with Gasteiger partial charge in [-0.3, -0.25) is 20.2 Å². The first-order valence-corrected chi connectivity index (χ1v) is 5.81. The molecule has 0 saturated carbocycles. The summed E-state index contributed by atoms with van der Waals surface area (Å²) in [6.45, 7) is 0. The molecule has 0 amide bonds. The van der Waals surface area contributed by atoms with Crippen molar-refractivity contribution in [1.29, 1.82) is 0 Å². The molecule has 0 aliphatic rings. The van der Waals surface area contributed by atoms with Crippen molar-refractivity contribution in [3.05, 3.63) is 77.5 Å². The third-order valence-corrected chi connectivity index (χ3v) is 2.94. The maximum atomic E-state index is 11.0. The van der Waals surface area contributed by atoms with Crippen molar-refractivity contribution in [2.45, 2.75) is 0 Å². The standard InChI is InChI=1S/C14H6N2O6/c17-7-9-5-11(15(19)20)1-3-13(9)14-4-2-12(16(21)22)6-10(14)8-18/h1-6H. The number of benzene rings is 2. The molecule has 0 aliphatic heterocycles. The highest BCUT2D eigenvalue weighted by Gasteiger charge is 2.07. The Bertz CT molecular complexity index is 964. The molecular formula is C14H6N2O6. The van der Waals surface area contributed by atoms with Gasteiger partial charge in [-0.05, 0) is 12.1 Å². The van der Waals surface area contributed by atoms with Crippen molar-refractivity contribution in [2.75, 3.05) is 0 Å². The molecule has 0 aliphatic carbocycles. The van der Waals surface area contributed by atoms with E-state index in [2.05, 4.69) is 0 Å². The molecule has 0 aromatic heterocycles. The number of hydrogen-bond acceptors (Lipinski definition) is 6. The van der Waals surface area contributed by atoms with E-state index < -0.39 is 9.85 Å². The molecule has 2 aromatic carbocycles. The maximum absolute atomic E-state index is 11.0. The van der Waals surface area contributed by atoms with Crippen molar-refractivity contribution in [3.63, 3.8) is 0 Å². The van der Waals surface area contributed by atoms with E-state index in [0.717, 1.165) is 24.3 Å². The Balaban J connectivity index is 3.06. The maximum Gasteiger partial charge on any atom is 0.270 e. The molecule has 0 heterocycles. The molecule has 108 valence electrons. The summed E-state index contributed by atoms with van der Waals surface area (Å²) in [4.78, 5) is 42.0. The van der Waals surface area contributed by atoms with E-state index in [0.29, 0.717) is 0 Å². The quantitative estimate of drug-likeness (QED) is 0.559. The smallest absolute Gasteiger partial charge is 0.258 e. The van der Waals surface area contributed by atoms with Gasteiger partial charge in [0, 0.05) is 34.7 Å². The summed E-state index contributed by atoms with van der Waals surface area (Å²) in [5, 5.41) is 21.6. The summed E-state index contributed by atoms with van der Waals surface area (Å²) >= 11 is 0. The van der Waals surface area contributed by atoms with Gasteiger partial charge in [-0.2, -0.15) is 0 Å². The minimum atomic E-state index is -0.673. The first kappa shape index (κ1) is 14.8. The SMILES string of the molecule is O=C=c1cc([N+](=O)[O-])ccc1=c1ccc([N+](=O)[O-])cc1=C=O. The number of rotatable bonds is 2. The van der Waals surface area contributed by atoms with Crippen LogP contribution in [0.15, 0.2) is 36.4 Å². The Morgan fingerprint density at radius 1 is 0.727 bits per heavy atom. The summed E-state index contributed by atoms with van der Waals surface area (Å²) in [6, 6.07) is 6.90. The lowest BCUT2D eigenvalue weighted by Gasteiger charge is -1.93. The molecule has 0 saturated heterocycles. The predicted molar refractivity (Wildman–Crippen MR) is 72.7 cm³/mol. The summed E-state index contributed by atoms with van der Waals surface area (Å²) in [5.41, 5.74) is -0.610. The fraction of sp³-hybridized carbons (Fsp3) is 0. The second kappa shape index (κ2) is 5.80. The zero-order chi connectivity index (χ0) is 16.3. The third-order valence-electron chi connectivity index (χ3n) is 2.94. The van der Waals surface area contributed by atoms with E-state index in [1.807, 2.05) is 0 Å². The van der Waals surface area contributed by atoms with Crippen LogP contribution < -0.4 is 10.4 Å². The lowest BCUT2D eigenvalue weighted by Crippen LogP contribution is -2.13. The molecule has 0 radical (unpaired) electrons. The first-order chi connectivity index (χ1) is 10.5. The Morgan fingerprint density at radius 2 is 1.09 bits per heavy atom. The van der Waals surface area contributed by atoms with Crippen molar-refractivity contribution in [1.82, 2.24) is 0 Å². The van der Waals surface area contributed by atoms with Crippen LogP contribution in [-0.4, -0.2) is 21.7 Å². The highest BCUT2D eigenvalue weighted by atomic mass is 16.6. The van der Waals surface area contributed by atoms with Crippen LogP contribution in [0.2, 0.25) is 0 Å². The van der Waals surface area contributed by atoms with Crippen LogP contribution in [-0.2, 0) is 9.59 Å². The Morgan fingerprint density at radius 3 is 1.36 bits per heavy atom. The number of hydrogen-bond donors (Lipinski definition) is 0. The van der Waals surface area contributed by atoms with Gasteiger partial charge in [-0.15, -0.1) is 0 Å². The predicted octanol–water partition coefficient (Wildman–Crippen LogP) is -0.204. The van der Waals surface area contributed by atoms with Crippen molar-refractivity contribution in [3.8, 4) is 0 Å². The molecule has 0 fully saturated rings. The normalized spacial score (nSPS) is 11.3. The van der Waals surface area contributed by atoms with Gasteiger partial charge in [-0.25, -0.2) is 9.59 Å². The van der Waals surface area contributed by atoms with Crippen LogP contribution in [0.25, 0.3) is 0 Å². The summed E-state index contributed by atoms with van der Waals surface area (Å²) in [6.07, 6.45) is 0. The zero-order valence-electron chi connectivity index (χ0n) is 10.8. The number of non-ortho nitro benzene ring substituents is 2. The first-order valence-electron chi connectivity index (χ1n) is 5.81. The second-order valence-electron chi connectivity index (χ2n) is 4.18. The van der Waals surface area contributed by atoms with E-state index >= 15 is 0 Å². The molecule has 2 rings (SSSR count). The molecule has 2 aromatic rings. The Labute approximate surface area is 121 Å². The minimum absolute atomic E-state index is 0.125. The van der Waals surface area contributed by atoms with Crippen LogP contribution in [0.3, 0.4) is 0 Å². The van der Waals surface area contributed by atoms with Crippen molar-refractivity contribution >= 4 is 23.3 Å². The Kier molecular flexibility index (Phi) is 3.90. The molecule has 8 heteroatoms. The van der Waals surface area contributed by atoms with Gasteiger partial charge in [0.15, 0.2) is 0 Å². The van der Waals surface area contributed by atoms with Crippen LogP contribution in [0, 0.1) is 30.7 Å². The van der Waals surface area contributed by atoms with Crippen molar-refractivity contribution < 1.29 is 19.4 Å². The molecule has 0 atom stereocenters. The largest absolute Gasteiger partial charge is 0.270 e. The monoisotopic (exact) mass is 298 g/mol. The second-order valence-corrected chi connectivity index (χ2v) is 4.18. The van der Waals surface area contributed by atoms with E-state index in [1.54, 1.807) is 11.9 Å². The summed E-state index contributed by atoms with van der Waals surface area (Å²) in [5.74, 6) is 3.12. The van der Waals surface area contributed by atoms with Crippen molar-refractivity contribution in [2.24, 2.45) is 0 Å². The minimum Gasteiger partial charge on any atom is -0.258 e. The van der Waals surface area contributed by atoms with Crippen LogP contribution in [0.5, 0.6) is 0 Å². The molecule has 8 nitrogen and oxygen atoms in total. The zero-order valence-corrected chi connectivity index (χ0v) is 10.8. The Hall–Kier alpha value is -3.60.